The molecule has 0 unspecified atom stereocenters. The van der Waals surface area contributed by atoms with Crippen molar-refractivity contribution in [3.05, 3.63) is 88.1 Å². The van der Waals surface area contributed by atoms with E-state index in [-0.39, 0.29) is 0 Å². The summed E-state index contributed by atoms with van der Waals surface area (Å²) in [5.41, 5.74) is 3.75. The Morgan fingerprint density at radius 1 is 0.969 bits per heavy atom. The van der Waals surface area contributed by atoms with Crippen LogP contribution in [0.5, 0.6) is 0 Å². The van der Waals surface area contributed by atoms with Crippen molar-refractivity contribution in [2.24, 2.45) is 0 Å². The van der Waals surface area contributed by atoms with E-state index in [1.165, 1.54) is 0 Å². The van der Waals surface area contributed by atoms with Crippen molar-refractivity contribution in [2.45, 2.75) is 19.4 Å². The number of nitrogens with zero attached hydrogens (tertiary/aromatic N) is 2. The Balaban J connectivity index is 1.41. The highest BCUT2D eigenvalue weighted by molar-refractivity contribution is 6.49. The van der Waals surface area contributed by atoms with Gasteiger partial charge in [0, 0.05) is 45.5 Å². The number of H-pyrrole nitrogens is 1. The van der Waals surface area contributed by atoms with Crippen LogP contribution in [0.3, 0.4) is 0 Å². The largest absolute Gasteiger partial charge is 0.361 e. The number of nitrogens with one attached hydrogen (secondary N) is 2. The highest BCUT2D eigenvalue weighted by atomic mass is 35.5. The fraction of sp³-hybridized carbons (Fsp3) is 0.125. The van der Waals surface area contributed by atoms with E-state index in [4.69, 9.17) is 23.2 Å². The Morgan fingerprint density at radius 3 is 2.53 bits per heavy atom. The summed E-state index contributed by atoms with van der Waals surface area (Å²) in [6, 6.07) is 13.2. The van der Waals surface area contributed by atoms with Crippen molar-refractivity contribution in [3.63, 3.8) is 0 Å². The average Bonchev–Trinajstić information content (AvgIpc) is 3.44. The molecule has 32 heavy (non-hydrogen) atoms. The van der Waals surface area contributed by atoms with E-state index in [2.05, 4.69) is 15.3 Å². The second-order valence-electron chi connectivity index (χ2n) is 7.66. The Hall–Kier alpha value is -3.35. The monoisotopic (exact) mass is 464 g/mol. The fourth-order valence-corrected chi connectivity index (χ4v) is 4.64. The summed E-state index contributed by atoms with van der Waals surface area (Å²) in [6.07, 6.45) is 6.87. The van der Waals surface area contributed by atoms with Crippen LogP contribution in [0.2, 0.25) is 10.0 Å². The molecule has 4 aromatic rings. The molecule has 0 radical (unpaired) electrons. The van der Waals surface area contributed by atoms with Crippen molar-refractivity contribution in [1.82, 2.24) is 19.9 Å². The van der Waals surface area contributed by atoms with Gasteiger partial charge in [-0.1, -0.05) is 41.4 Å². The molecule has 2 aromatic carbocycles. The lowest BCUT2D eigenvalue weighted by atomic mass is 9.99. The highest BCUT2D eigenvalue weighted by Gasteiger charge is 2.34. The van der Waals surface area contributed by atoms with E-state index < -0.39 is 11.8 Å². The first kappa shape index (κ1) is 20.5. The number of aryl methyl sites for hydroxylation is 2. The van der Waals surface area contributed by atoms with Crippen LogP contribution in [0.15, 0.2) is 61.2 Å². The van der Waals surface area contributed by atoms with E-state index in [9.17, 15) is 9.59 Å². The lowest BCUT2D eigenvalue weighted by Gasteiger charge is -2.04. The third-order valence-electron chi connectivity index (χ3n) is 5.48. The molecule has 0 atom stereocenters. The first-order valence-electron chi connectivity index (χ1n) is 10.1. The number of fused-ring (bicyclic) bond motifs is 1. The predicted molar refractivity (Wildman–Crippen MR) is 125 cm³/mol. The molecule has 1 aliphatic heterocycles. The predicted octanol–water partition coefficient (Wildman–Crippen LogP) is 4.87. The molecule has 8 heteroatoms. The Bertz CT molecular complexity index is 1380. The lowest BCUT2D eigenvalue weighted by Crippen LogP contribution is -2.22. The number of imide groups is 1. The van der Waals surface area contributed by atoms with Gasteiger partial charge in [-0.15, -0.1) is 0 Å². The molecule has 3 heterocycles. The van der Waals surface area contributed by atoms with Crippen LogP contribution in [-0.2, 0) is 22.6 Å². The number of hydrogen-bond acceptors (Lipinski definition) is 3. The lowest BCUT2D eigenvalue weighted by molar-refractivity contribution is -0.122. The minimum absolute atomic E-state index is 0.292. The van der Waals surface area contributed by atoms with Crippen molar-refractivity contribution in [3.8, 4) is 0 Å². The Labute approximate surface area is 193 Å². The van der Waals surface area contributed by atoms with Crippen LogP contribution in [0, 0.1) is 0 Å². The van der Waals surface area contributed by atoms with E-state index in [0.29, 0.717) is 39.0 Å². The van der Waals surface area contributed by atoms with E-state index in [1.807, 2.05) is 41.0 Å². The van der Waals surface area contributed by atoms with Gasteiger partial charge < -0.3 is 9.55 Å². The van der Waals surface area contributed by atoms with Crippen molar-refractivity contribution in [1.29, 1.82) is 0 Å². The molecule has 160 valence electrons. The van der Waals surface area contributed by atoms with E-state index >= 15 is 0 Å². The maximum Gasteiger partial charge on any atom is 0.261 e. The van der Waals surface area contributed by atoms with Gasteiger partial charge in [-0.3, -0.25) is 14.9 Å². The van der Waals surface area contributed by atoms with Crippen LogP contribution < -0.4 is 5.32 Å². The summed E-state index contributed by atoms with van der Waals surface area (Å²) in [5.74, 6) is -0.851. The van der Waals surface area contributed by atoms with Crippen LogP contribution in [-0.4, -0.2) is 26.3 Å². The van der Waals surface area contributed by atoms with Gasteiger partial charge in [0.1, 0.15) is 0 Å². The molecule has 0 spiro atoms. The van der Waals surface area contributed by atoms with Crippen LogP contribution in [0.4, 0.5) is 0 Å². The average molecular weight is 465 g/mol. The van der Waals surface area contributed by atoms with Gasteiger partial charge in [0.2, 0.25) is 0 Å². The summed E-state index contributed by atoms with van der Waals surface area (Å²) >= 11 is 12.1. The number of aromatic nitrogens is 3. The number of imidazole rings is 1. The summed E-state index contributed by atoms with van der Waals surface area (Å²) in [7, 11) is 0. The molecule has 1 aliphatic rings. The van der Waals surface area contributed by atoms with Gasteiger partial charge in [-0.2, -0.15) is 0 Å². The maximum absolute atomic E-state index is 12.6. The number of halogens is 2. The summed E-state index contributed by atoms with van der Waals surface area (Å²) in [4.78, 5) is 32.8. The smallest absolute Gasteiger partial charge is 0.261 e. The van der Waals surface area contributed by atoms with Crippen LogP contribution >= 0.6 is 23.2 Å². The Morgan fingerprint density at radius 2 is 1.72 bits per heavy atom. The maximum atomic E-state index is 12.6. The molecule has 0 bridgehead atoms. The molecular formula is C24H18Cl2N4O2. The molecule has 2 aromatic heterocycles. The SMILES string of the molecule is O=C1NC(=O)C(c2c[nH]c3ccccc23)=C1c1cn(CCCc2cc(Cl)cc(Cl)c2)cn1. The van der Waals surface area contributed by atoms with Crippen LogP contribution in [0.1, 0.15) is 23.2 Å². The third kappa shape index (κ3) is 3.83. The molecule has 0 aliphatic carbocycles. The summed E-state index contributed by atoms with van der Waals surface area (Å²) < 4.78 is 1.91. The standard InChI is InChI=1S/C24H18Cl2N4O2/c25-15-8-14(9-16(26)10-15)4-3-7-30-12-20(28-13-30)22-21(23(31)29-24(22)32)18-11-27-19-6-2-1-5-17(18)19/h1-2,5-6,8-13,27H,3-4,7H2,(H,29,31,32). The number of carbonyl (C=O) groups excluding carboxylic acids is 2. The second-order valence-corrected chi connectivity index (χ2v) is 8.53. The Kier molecular flexibility index (Phi) is 5.33. The number of amides is 2. The molecule has 0 saturated heterocycles. The summed E-state index contributed by atoms with van der Waals surface area (Å²) in [5, 5.41) is 4.53. The minimum atomic E-state index is -0.436. The van der Waals surface area contributed by atoms with Crippen LogP contribution in [0.25, 0.3) is 22.0 Å². The number of benzene rings is 2. The van der Waals surface area contributed by atoms with Gasteiger partial charge in [-0.05, 0) is 42.7 Å². The van der Waals surface area contributed by atoms with E-state index in [1.54, 1.807) is 24.8 Å². The molecule has 2 amide bonds. The van der Waals surface area contributed by atoms with Gasteiger partial charge in [-0.25, -0.2) is 4.98 Å². The number of rotatable bonds is 6. The number of aromatic amines is 1. The van der Waals surface area contributed by atoms with Crippen molar-refractivity contribution < 1.29 is 9.59 Å². The third-order valence-corrected chi connectivity index (χ3v) is 5.92. The molecule has 5 rings (SSSR count). The van der Waals surface area contributed by atoms with Gasteiger partial charge in [0.05, 0.1) is 23.2 Å². The molecule has 0 fully saturated rings. The highest BCUT2D eigenvalue weighted by Crippen LogP contribution is 2.34. The van der Waals surface area contributed by atoms with Gasteiger partial charge >= 0.3 is 0 Å². The molecule has 2 N–H and O–H groups in total. The minimum Gasteiger partial charge on any atom is -0.361 e. The molecule has 6 nitrogen and oxygen atoms in total. The van der Waals surface area contributed by atoms with E-state index in [0.717, 1.165) is 29.3 Å². The number of carbonyl (C=O) groups is 2. The fourth-order valence-electron chi connectivity index (χ4n) is 4.07. The van der Waals surface area contributed by atoms with Gasteiger partial charge in [0.15, 0.2) is 0 Å². The summed E-state index contributed by atoms with van der Waals surface area (Å²) in [6.45, 7) is 0.697. The normalized spacial score (nSPS) is 13.9. The van der Waals surface area contributed by atoms with Crippen molar-refractivity contribution in [2.75, 3.05) is 0 Å². The zero-order chi connectivity index (χ0) is 22.2. The second kappa shape index (κ2) is 8.30. The first-order valence-corrected chi connectivity index (χ1v) is 10.9. The quantitative estimate of drug-likeness (QED) is 0.399. The van der Waals surface area contributed by atoms with Crippen molar-refractivity contribution >= 4 is 57.1 Å². The number of para-hydroxylation sites is 1. The zero-order valence-corrected chi connectivity index (χ0v) is 18.4. The number of hydrogen-bond donors (Lipinski definition) is 2. The zero-order valence-electron chi connectivity index (χ0n) is 16.9. The molecular weight excluding hydrogens is 447 g/mol. The first-order chi connectivity index (χ1) is 15.5. The van der Waals surface area contributed by atoms with Gasteiger partial charge in [0.25, 0.3) is 11.8 Å². The topological polar surface area (TPSA) is 79.8 Å². The molecule has 0 saturated carbocycles.